The standard InChI is InChI=1S/C16H18N2O5/c1-10-13(11(2)23-18-10)9-22-16(21)14(8-19)17-15(20)12-6-4-3-5-7-12/h3-7,14,19H,8-9H2,1-2H3,(H,17,20). The van der Waals surface area contributed by atoms with Crippen LogP contribution in [0.5, 0.6) is 0 Å². The van der Waals surface area contributed by atoms with Crippen LogP contribution in [0.25, 0.3) is 0 Å². The molecule has 0 aliphatic carbocycles. The van der Waals surface area contributed by atoms with Crippen molar-refractivity contribution in [3.05, 3.63) is 52.9 Å². The van der Waals surface area contributed by atoms with Gasteiger partial charge in [0.05, 0.1) is 17.9 Å². The number of carbonyl (C=O) groups excluding carboxylic acids is 2. The van der Waals surface area contributed by atoms with Crippen LogP contribution in [0.1, 0.15) is 27.4 Å². The van der Waals surface area contributed by atoms with Gasteiger partial charge in [0.25, 0.3) is 5.91 Å². The smallest absolute Gasteiger partial charge is 0.331 e. The lowest BCUT2D eigenvalue weighted by Crippen LogP contribution is -2.44. The van der Waals surface area contributed by atoms with Gasteiger partial charge in [0.15, 0.2) is 6.04 Å². The second-order valence-corrected chi connectivity index (χ2v) is 4.99. The SMILES string of the molecule is Cc1noc(C)c1COC(=O)C(CO)NC(=O)c1ccccc1. The van der Waals surface area contributed by atoms with Gasteiger partial charge in [-0.25, -0.2) is 4.79 Å². The number of amides is 1. The topological polar surface area (TPSA) is 102 Å². The van der Waals surface area contributed by atoms with Crippen molar-refractivity contribution < 1.29 is 24.0 Å². The van der Waals surface area contributed by atoms with E-state index in [4.69, 9.17) is 9.26 Å². The summed E-state index contributed by atoms with van der Waals surface area (Å²) < 4.78 is 10.1. The minimum Gasteiger partial charge on any atom is -0.459 e. The number of esters is 1. The highest BCUT2D eigenvalue weighted by Crippen LogP contribution is 2.13. The quantitative estimate of drug-likeness (QED) is 0.774. The third-order valence-corrected chi connectivity index (χ3v) is 3.35. The first kappa shape index (κ1) is 16.7. The summed E-state index contributed by atoms with van der Waals surface area (Å²) in [5.41, 5.74) is 1.69. The fraction of sp³-hybridized carbons (Fsp3) is 0.312. The van der Waals surface area contributed by atoms with Crippen LogP contribution in [0.15, 0.2) is 34.9 Å². The molecule has 0 spiro atoms. The van der Waals surface area contributed by atoms with Crippen molar-refractivity contribution in [2.24, 2.45) is 0 Å². The van der Waals surface area contributed by atoms with Crippen LogP contribution in [0.2, 0.25) is 0 Å². The third kappa shape index (κ3) is 4.17. The largest absolute Gasteiger partial charge is 0.459 e. The van der Waals surface area contributed by atoms with E-state index in [1.165, 1.54) is 0 Å². The summed E-state index contributed by atoms with van der Waals surface area (Å²) in [4.78, 5) is 24.0. The minimum absolute atomic E-state index is 0.0301. The van der Waals surface area contributed by atoms with Crippen LogP contribution in [-0.2, 0) is 16.1 Å². The van der Waals surface area contributed by atoms with Gasteiger partial charge in [0, 0.05) is 5.56 Å². The molecule has 7 nitrogen and oxygen atoms in total. The molecule has 1 aromatic carbocycles. The number of rotatable bonds is 6. The Bertz CT molecular complexity index is 662. The van der Waals surface area contributed by atoms with Gasteiger partial charge in [-0.2, -0.15) is 0 Å². The zero-order valence-electron chi connectivity index (χ0n) is 12.9. The number of carbonyl (C=O) groups is 2. The van der Waals surface area contributed by atoms with Crippen LogP contribution in [-0.4, -0.2) is 34.8 Å². The van der Waals surface area contributed by atoms with Crippen molar-refractivity contribution in [2.45, 2.75) is 26.5 Å². The van der Waals surface area contributed by atoms with E-state index in [0.717, 1.165) is 0 Å². The Labute approximate surface area is 133 Å². The summed E-state index contributed by atoms with van der Waals surface area (Å²) in [6.45, 7) is 2.86. The molecule has 2 N–H and O–H groups in total. The average molecular weight is 318 g/mol. The van der Waals surface area contributed by atoms with Gasteiger partial charge in [-0.05, 0) is 26.0 Å². The molecule has 1 atom stereocenters. The Morgan fingerprint density at radius 1 is 1.30 bits per heavy atom. The molecule has 0 bridgehead atoms. The van der Waals surface area contributed by atoms with E-state index in [9.17, 15) is 14.7 Å². The molecule has 2 aromatic rings. The first-order valence-corrected chi connectivity index (χ1v) is 7.08. The maximum Gasteiger partial charge on any atom is 0.331 e. The molecule has 0 saturated carbocycles. The van der Waals surface area contributed by atoms with Gasteiger partial charge >= 0.3 is 5.97 Å². The second-order valence-electron chi connectivity index (χ2n) is 4.99. The van der Waals surface area contributed by atoms with Crippen LogP contribution >= 0.6 is 0 Å². The normalized spacial score (nSPS) is 11.8. The summed E-state index contributed by atoms with van der Waals surface area (Å²) >= 11 is 0. The van der Waals surface area contributed by atoms with Crippen molar-refractivity contribution in [1.29, 1.82) is 0 Å². The van der Waals surface area contributed by atoms with E-state index in [2.05, 4.69) is 10.5 Å². The van der Waals surface area contributed by atoms with Crippen LogP contribution in [0.4, 0.5) is 0 Å². The van der Waals surface area contributed by atoms with Crippen molar-refractivity contribution in [3.63, 3.8) is 0 Å². The summed E-state index contributed by atoms with van der Waals surface area (Å²) in [6, 6.07) is 7.27. The number of ether oxygens (including phenoxy) is 1. The predicted molar refractivity (Wildman–Crippen MR) is 80.6 cm³/mol. The van der Waals surface area contributed by atoms with Gasteiger partial charge in [-0.3, -0.25) is 4.79 Å². The van der Waals surface area contributed by atoms with E-state index in [1.54, 1.807) is 44.2 Å². The van der Waals surface area contributed by atoms with Gasteiger partial charge in [0.2, 0.25) is 0 Å². The maximum atomic E-state index is 12.0. The first-order chi connectivity index (χ1) is 11.0. The van der Waals surface area contributed by atoms with E-state index in [1.807, 2.05) is 0 Å². The van der Waals surface area contributed by atoms with Crippen molar-refractivity contribution >= 4 is 11.9 Å². The van der Waals surface area contributed by atoms with Gasteiger partial charge in [-0.15, -0.1) is 0 Å². The Hall–Kier alpha value is -2.67. The lowest BCUT2D eigenvalue weighted by Gasteiger charge is -2.15. The van der Waals surface area contributed by atoms with E-state index >= 15 is 0 Å². The van der Waals surface area contributed by atoms with Crippen LogP contribution < -0.4 is 5.32 Å². The number of hydrogen-bond acceptors (Lipinski definition) is 6. The monoisotopic (exact) mass is 318 g/mol. The zero-order chi connectivity index (χ0) is 16.8. The molecule has 1 amide bonds. The molecule has 0 aliphatic rings. The predicted octanol–water partition coefficient (Wildman–Crippen LogP) is 1.13. The highest BCUT2D eigenvalue weighted by Gasteiger charge is 2.23. The highest BCUT2D eigenvalue weighted by atomic mass is 16.5. The Morgan fingerprint density at radius 2 is 2.00 bits per heavy atom. The Balaban J connectivity index is 1.95. The number of benzene rings is 1. The summed E-state index contributed by atoms with van der Waals surface area (Å²) in [7, 11) is 0. The molecule has 0 fully saturated rings. The van der Waals surface area contributed by atoms with Crippen molar-refractivity contribution in [3.8, 4) is 0 Å². The zero-order valence-corrected chi connectivity index (χ0v) is 12.9. The lowest BCUT2D eigenvalue weighted by atomic mass is 10.2. The van der Waals surface area contributed by atoms with Crippen molar-refractivity contribution in [2.75, 3.05) is 6.61 Å². The fourth-order valence-corrected chi connectivity index (χ4v) is 1.96. The first-order valence-electron chi connectivity index (χ1n) is 7.08. The van der Waals surface area contributed by atoms with Crippen molar-refractivity contribution in [1.82, 2.24) is 10.5 Å². The summed E-state index contributed by atoms with van der Waals surface area (Å²) in [5.74, 6) is -0.625. The molecule has 1 heterocycles. The third-order valence-electron chi connectivity index (χ3n) is 3.35. The number of aliphatic hydroxyl groups excluding tert-OH is 1. The van der Waals surface area contributed by atoms with Crippen LogP contribution in [0, 0.1) is 13.8 Å². The lowest BCUT2D eigenvalue weighted by molar-refractivity contribution is -0.148. The molecule has 7 heteroatoms. The second kappa shape index (κ2) is 7.55. The van der Waals surface area contributed by atoms with Crippen LogP contribution in [0.3, 0.4) is 0 Å². The molecule has 1 aromatic heterocycles. The van der Waals surface area contributed by atoms with Gasteiger partial charge < -0.3 is 19.7 Å². The average Bonchev–Trinajstić information content (AvgIpc) is 2.89. The Kier molecular flexibility index (Phi) is 5.48. The van der Waals surface area contributed by atoms with E-state index in [-0.39, 0.29) is 6.61 Å². The number of aliphatic hydroxyl groups is 1. The molecule has 1 unspecified atom stereocenters. The number of aryl methyl sites for hydroxylation is 2. The maximum absolute atomic E-state index is 12.0. The van der Waals surface area contributed by atoms with E-state index < -0.39 is 24.5 Å². The Morgan fingerprint density at radius 3 is 2.57 bits per heavy atom. The number of nitrogens with one attached hydrogen (secondary N) is 1. The van der Waals surface area contributed by atoms with E-state index in [0.29, 0.717) is 22.6 Å². The molecule has 23 heavy (non-hydrogen) atoms. The fourth-order valence-electron chi connectivity index (χ4n) is 1.96. The van der Waals surface area contributed by atoms with Gasteiger partial charge in [-0.1, -0.05) is 23.4 Å². The van der Waals surface area contributed by atoms with Gasteiger partial charge in [0.1, 0.15) is 12.4 Å². The molecule has 0 radical (unpaired) electrons. The minimum atomic E-state index is -1.14. The molecule has 0 aliphatic heterocycles. The number of aromatic nitrogens is 1. The molecule has 0 saturated heterocycles. The summed E-state index contributed by atoms with van der Waals surface area (Å²) in [6.07, 6.45) is 0. The molecule has 2 rings (SSSR count). The highest BCUT2D eigenvalue weighted by molar-refractivity contribution is 5.96. The molecular formula is C16H18N2O5. The number of nitrogens with zero attached hydrogens (tertiary/aromatic N) is 1. The molecule has 122 valence electrons. The summed E-state index contributed by atoms with van der Waals surface area (Å²) in [5, 5.41) is 15.5. The molecular weight excluding hydrogens is 300 g/mol. The number of hydrogen-bond donors (Lipinski definition) is 2.